The molecule has 1 fully saturated rings. The summed E-state index contributed by atoms with van der Waals surface area (Å²) < 4.78 is 15.2. The van der Waals surface area contributed by atoms with Gasteiger partial charge in [0.1, 0.15) is 12.4 Å². The standard InChI is InChI=1S/C20H19ClFN5O2.C2H6/c1-2-23-5-3-4-6-27-17(9-14-7-15(21)10-16(22)8-14)11-18(25-27)20(29)26-12-19(28)24-13-26;1-2/h2-8,10-11H,9,12-13H2,1H3,(H,24,28);1-2H3/b5-3-,6-4+,23-2?;. The van der Waals surface area contributed by atoms with E-state index in [4.69, 9.17) is 11.6 Å². The van der Waals surface area contributed by atoms with Crippen molar-refractivity contribution in [2.75, 3.05) is 13.2 Å². The Hall–Kier alpha value is -3.26. The van der Waals surface area contributed by atoms with Gasteiger partial charge in [-0.1, -0.05) is 25.4 Å². The van der Waals surface area contributed by atoms with Crippen LogP contribution in [-0.4, -0.2) is 45.9 Å². The summed E-state index contributed by atoms with van der Waals surface area (Å²) in [5.41, 5.74) is 1.50. The highest BCUT2D eigenvalue weighted by Gasteiger charge is 2.26. The molecule has 0 saturated carbocycles. The fourth-order valence-corrected chi connectivity index (χ4v) is 3.06. The smallest absolute Gasteiger partial charge is 0.276 e. The quantitative estimate of drug-likeness (QED) is 0.541. The SMILES string of the molecule is CC.CC=N/C=C\C=C\n1nc(C(=O)N2CNC(=O)C2)cc1Cc1cc(F)cc(Cl)c1. The molecule has 1 saturated heterocycles. The van der Waals surface area contributed by atoms with Gasteiger partial charge in [-0.25, -0.2) is 9.07 Å². The summed E-state index contributed by atoms with van der Waals surface area (Å²) in [7, 11) is 0. The average molecular weight is 446 g/mol. The lowest BCUT2D eigenvalue weighted by Crippen LogP contribution is -2.30. The monoisotopic (exact) mass is 445 g/mol. The fourth-order valence-electron chi connectivity index (χ4n) is 2.81. The Balaban J connectivity index is 0.00000166. The molecule has 1 N–H and O–H groups in total. The van der Waals surface area contributed by atoms with Gasteiger partial charge in [-0.05, 0) is 48.9 Å². The maximum atomic E-state index is 13.7. The second kappa shape index (κ2) is 11.8. The molecule has 3 rings (SSSR count). The summed E-state index contributed by atoms with van der Waals surface area (Å²) in [6.45, 7) is 5.95. The summed E-state index contributed by atoms with van der Waals surface area (Å²) in [6.07, 6.45) is 8.68. The van der Waals surface area contributed by atoms with Gasteiger partial charge in [0.05, 0.1) is 6.67 Å². The molecule has 0 spiro atoms. The first-order valence-corrected chi connectivity index (χ1v) is 10.2. The summed E-state index contributed by atoms with van der Waals surface area (Å²) in [5, 5.41) is 7.22. The van der Waals surface area contributed by atoms with Crippen molar-refractivity contribution in [3.05, 3.63) is 70.4 Å². The summed E-state index contributed by atoms with van der Waals surface area (Å²) >= 11 is 5.95. The minimum absolute atomic E-state index is 0.00582. The Morgan fingerprint density at radius 2 is 2.06 bits per heavy atom. The second-order valence-electron chi connectivity index (χ2n) is 6.27. The molecule has 0 atom stereocenters. The summed E-state index contributed by atoms with van der Waals surface area (Å²) in [6, 6.07) is 5.90. The average Bonchev–Trinajstić information content (AvgIpc) is 3.34. The van der Waals surface area contributed by atoms with E-state index in [0.29, 0.717) is 22.7 Å². The number of hydrogen-bond acceptors (Lipinski definition) is 4. The molecule has 2 heterocycles. The Morgan fingerprint density at radius 3 is 2.71 bits per heavy atom. The molecule has 31 heavy (non-hydrogen) atoms. The van der Waals surface area contributed by atoms with E-state index in [1.54, 1.807) is 49.8 Å². The Bertz CT molecular complexity index is 993. The van der Waals surface area contributed by atoms with Crippen LogP contribution in [0.2, 0.25) is 5.02 Å². The van der Waals surface area contributed by atoms with Crippen LogP contribution < -0.4 is 5.32 Å². The number of carbonyl (C=O) groups excluding carboxylic acids is 2. The van der Waals surface area contributed by atoms with Gasteiger partial charge in [0.2, 0.25) is 5.91 Å². The number of nitrogens with zero attached hydrogens (tertiary/aromatic N) is 4. The topological polar surface area (TPSA) is 79.6 Å². The third kappa shape index (κ3) is 6.89. The zero-order chi connectivity index (χ0) is 22.8. The van der Waals surface area contributed by atoms with Gasteiger partial charge in [-0.15, -0.1) is 0 Å². The Labute approximate surface area is 185 Å². The minimum Gasteiger partial charge on any atom is -0.337 e. The maximum Gasteiger partial charge on any atom is 0.276 e. The van der Waals surface area contributed by atoms with Crippen molar-refractivity contribution in [1.29, 1.82) is 0 Å². The van der Waals surface area contributed by atoms with Crippen LogP contribution in [0.15, 0.2) is 47.6 Å². The van der Waals surface area contributed by atoms with Crippen LogP contribution in [0.5, 0.6) is 0 Å². The van der Waals surface area contributed by atoms with Gasteiger partial charge >= 0.3 is 0 Å². The Kier molecular flexibility index (Phi) is 9.14. The van der Waals surface area contributed by atoms with Crippen molar-refractivity contribution in [3.63, 3.8) is 0 Å². The number of allylic oxidation sites excluding steroid dienone is 2. The molecule has 0 aliphatic carbocycles. The molecular formula is C22H25ClFN5O2. The number of aliphatic imine (C=N–C) groups is 1. The number of nitrogens with one attached hydrogen (secondary N) is 1. The van der Waals surface area contributed by atoms with Crippen LogP contribution in [0.1, 0.15) is 42.5 Å². The van der Waals surface area contributed by atoms with E-state index in [2.05, 4.69) is 15.4 Å². The van der Waals surface area contributed by atoms with E-state index >= 15 is 0 Å². The van der Waals surface area contributed by atoms with Gasteiger partial charge in [0.15, 0.2) is 5.69 Å². The largest absolute Gasteiger partial charge is 0.337 e. The summed E-state index contributed by atoms with van der Waals surface area (Å²) in [5.74, 6) is -1.01. The van der Waals surface area contributed by atoms with Crippen molar-refractivity contribution in [3.8, 4) is 0 Å². The normalized spacial score (nSPS) is 13.8. The number of rotatable bonds is 6. The number of halogens is 2. The number of benzene rings is 1. The van der Waals surface area contributed by atoms with E-state index < -0.39 is 5.82 Å². The van der Waals surface area contributed by atoms with Gasteiger partial charge in [-0.3, -0.25) is 14.6 Å². The van der Waals surface area contributed by atoms with E-state index in [-0.39, 0.29) is 30.7 Å². The molecule has 2 amide bonds. The lowest BCUT2D eigenvalue weighted by molar-refractivity contribution is -0.118. The van der Waals surface area contributed by atoms with Gasteiger partial charge < -0.3 is 10.2 Å². The zero-order valence-electron chi connectivity index (χ0n) is 17.7. The van der Waals surface area contributed by atoms with Gasteiger partial charge in [-0.2, -0.15) is 5.10 Å². The lowest BCUT2D eigenvalue weighted by Gasteiger charge is -2.10. The number of aromatic nitrogens is 2. The molecule has 164 valence electrons. The highest BCUT2D eigenvalue weighted by atomic mass is 35.5. The van der Waals surface area contributed by atoms with Crippen molar-refractivity contribution >= 4 is 35.8 Å². The molecule has 1 aromatic heterocycles. The van der Waals surface area contributed by atoms with E-state index in [1.807, 2.05) is 13.8 Å². The fraction of sp³-hybridized carbons (Fsp3) is 0.273. The molecule has 0 unspecified atom stereocenters. The Morgan fingerprint density at radius 1 is 1.29 bits per heavy atom. The van der Waals surface area contributed by atoms with E-state index in [9.17, 15) is 14.0 Å². The maximum absolute atomic E-state index is 13.7. The molecule has 1 aromatic carbocycles. The molecular weight excluding hydrogens is 421 g/mol. The summed E-state index contributed by atoms with van der Waals surface area (Å²) in [4.78, 5) is 29.4. The van der Waals surface area contributed by atoms with E-state index in [1.165, 1.54) is 21.7 Å². The van der Waals surface area contributed by atoms with Crippen LogP contribution >= 0.6 is 11.6 Å². The van der Waals surface area contributed by atoms with Crippen LogP contribution in [0.3, 0.4) is 0 Å². The number of amides is 2. The van der Waals surface area contributed by atoms with Gasteiger partial charge in [0, 0.05) is 35.8 Å². The molecule has 1 aliphatic rings. The molecule has 7 nitrogen and oxygen atoms in total. The molecule has 0 bridgehead atoms. The molecule has 1 aliphatic heterocycles. The van der Waals surface area contributed by atoms with Crippen molar-refractivity contribution in [1.82, 2.24) is 20.0 Å². The highest BCUT2D eigenvalue weighted by Crippen LogP contribution is 2.19. The molecule has 9 heteroatoms. The third-order valence-electron chi connectivity index (χ3n) is 4.09. The third-order valence-corrected chi connectivity index (χ3v) is 4.31. The van der Waals surface area contributed by atoms with E-state index in [0.717, 1.165) is 0 Å². The zero-order valence-corrected chi connectivity index (χ0v) is 18.4. The second-order valence-corrected chi connectivity index (χ2v) is 6.71. The van der Waals surface area contributed by atoms with Crippen LogP contribution in [-0.2, 0) is 11.2 Å². The predicted molar refractivity (Wildman–Crippen MR) is 120 cm³/mol. The van der Waals surface area contributed by atoms with Crippen LogP contribution in [0, 0.1) is 5.82 Å². The molecule has 2 aromatic rings. The van der Waals surface area contributed by atoms with Crippen molar-refractivity contribution in [2.24, 2.45) is 4.99 Å². The number of hydrogen-bond donors (Lipinski definition) is 1. The van der Waals surface area contributed by atoms with Crippen LogP contribution in [0.25, 0.3) is 6.20 Å². The van der Waals surface area contributed by atoms with Gasteiger partial charge in [0.25, 0.3) is 5.91 Å². The van der Waals surface area contributed by atoms with Crippen molar-refractivity contribution in [2.45, 2.75) is 27.2 Å². The van der Waals surface area contributed by atoms with Crippen molar-refractivity contribution < 1.29 is 14.0 Å². The first-order chi connectivity index (χ1) is 15.0. The highest BCUT2D eigenvalue weighted by molar-refractivity contribution is 6.30. The minimum atomic E-state index is -0.438. The predicted octanol–water partition coefficient (Wildman–Crippen LogP) is 3.90. The first-order valence-electron chi connectivity index (χ1n) is 9.87. The van der Waals surface area contributed by atoms with Crippen LogP contribution in [0.4, 0.5) is 4.39 Å². The molecule has 0 radical (unpaired) electrons. The number of carbonyl (C=O) groups is 2. The first kappa shape index (κ1) is 24.0. The lowest BCUT2D eigenvalue weighted by atomic mass is 10.1.